The minimum atomic E-state index is -0.204. The van der Waals surface area contributed by atoms with E-state index in [0.717, 1.165) is 16.9 Å². The molecule has 0 unspecified atom stereocenters. The van der Waals surface area contributed by atoms with Crippen LogP contribution < -0.4 is 19.9 Å². The van der Waals surface area contributed by atoms with Crippen molar-refractivity contribution in [1.29, 1.82) is 0 Å². The van der Waals surface area contributed by atoms with Crippen LogP contribution in [0.2, 0.25) is 5.02 Å². The maximum absolute atomic E-state index is 12.9. The van der Waals surface area contributed by atoms with Crippen molar-refractivity contribution < 1.29 is 23.9 Å². The second-order valence-corrected chi connectivity index (χ2v) is 11.1. The van der Waals surface area contributed by atoms with Crippen molar-refractivity contribution in [3.05, 3.63) is 28.9 Å². The van der Waals surface area contributed by atoms with Gasteiger partial charge in [-0.3, -0.25) is 14.4 Å². The van der Waals surface area contributed by atoms with Crippen molar-refractivity contribution in [3.63, 3.8) is 0 Å². The number of Topliss-reactive ketones (excluding diaryl/α,β-unsaturated/α-hetero) is 1. The van der Waals surface area contributed by atoms with Gasteiger partial charge in [-0.2, -0.15) is 4.98 Å². The number of rotatable bonds is 4. The standard InChI is InChI=1S/C28H35ClN6O5/c1-17(2)22(36)5-7-25(38)34-8-9-35-20(15-34)16-39-10-11-40-23-13-19(31-27-21(29)14-30-28(35)32-27)12-18-4-6-24(37)33(3)26(18)23/h12-14,17,20H,4-11,15-16H2,1-3H3,(H,30,31,32)/t20-/m1/s1. The largest absolute Gasteiger partial charge is 0.489 e. The second kappa shape index (κ2) is 12.0. The topological polar surface area (TPSA) is 117 Å². The molecule has 0 aliphatic carbocycles. The number of nitrogens with one attached hydrogen (secondary N) is 1. The number of hydrogen-bond donors (Lipinski definition) is 1. The number of nitrogens with zero attached hydrogens (tertiary/aromatic N) is 5. The van der Waals surface area contributed by atoms with Crippen molar-refractivity contribution >= 4 is 52.3 Å². The zero-order valence-corrected chi connectivity index (χ0v) is 23.9. The summed E-state index contributed by atoms with van der Waals surface area (Å²) in [5.74, 6) is 1.51. The van der Waals surface area contributed by atoms with Gasteiger partial charge in [-0.05, 0) is 18.1 Å². The number of anilines is 4. The Kier molecular flexibility index (Phi) is 8.41. The number of benzene rings is 1. The first-order chi connectivity index (χ1) is 19.2. The van der Waals surface area contributed by atoms with E-state index >= 15 is 0 Å². The molecule has 4 bridgehead atoms. The minimum absolute atomic E-state index is 0.0391. The lowest BCUT2D eigenvalue weighted by Gasteiger charge is -2.41. The summed E-state index contributed by atoms with van der Waals surface area (Å²) in [6.45, 7) is 6.04. The van der Waals surface area contributed by atoms with Crippen LogP contribution in [0.1, 0.15) is 38.7 Å². The Balaban J connectivity index is 1.40. The highest BCUT2D eigenvalue weighted by molar-refractivity contribution is 6.32. The lowest BCUT2D eigenvalue weighted by molar-refractivity contribution is -0.134. The van der Waals surface area contributed by atoms with Crippen LogP contribution in [-0.4, -0.2) is 85.0 Å². The summed E-state index contributed by atoms with van der Waals surface area (Å²) in [6.07, 6.45) is 3.04. The molecule has 1 atom stereocenters. The fourth-order valence-electron chi connectivity index (χ4n) is 5.27. The van der Waals surface area contributed by atoms with Crippen molar-refractivity contribution in [1.82, 2.24) is 14.9 Å². The van der Waals surface area contributed by atoms with Gasteiger partial charge in [0, 0.05) is 63.6 Å². The molecule has 2 aromatic rings. The van der Waals surface area contributed by atoms with E-state index in [-0.39, 0.29) is 49.0 Å². The first kappa shape index (κ1) is 28.1. The van der Waals surface area contributed by atoms with Crippen molar-refractivity contribution in [2.45, 2.75) is 45.6 Å². The average Bonchev–Trinajstić information content (AvgIpc) is 2.94. The lowest BCUT2D eigenvalue weighted by Crippen LogP contribution is -2.57. The number of hydrogen-bond acceptors (Lipinski definition) is 9. The van der Waals surface area contributed by atoms with Crippen molar-refractivity contribution in [2.24, 2.45) is 5.92 Å². The summed E-state index contributed by atoms with van der Waals surface area (Å²) in [5.41, 5.74) is 2.49. The number of aromatic nitrogens is 2. The van der Waals surface area contributed by atoms with Gasteiger partial charge >= 0.3 is 0 Å². The summed E-state index contributed by atoms with van der Waals surface area (Å²) >= 11 is 6.51. The first-order valence-corrected chi connectivity index (χ1v) is 14.1. The molecule has 3 aliphatic heterocycles. The third-order valence-electron chi connectivity index (χ3n) is 7.58. The highest BCUT2D eigenvalue weighted by Gasteiger charge is 2.32. The van der Waals surface area contributed by atoms with E-state index in [2.05, 4.69) is 10.3 Å². The SMILES string of the molecule is CC(C)C(=O)CCC(=O)N1CCN2c3ncc(Cl)c(n3)Nc3cc4c(c(c3)OCCOC[C@H]2C1)N(C)C(=O)CC4. The Morgan fingerprint density at radius 1 is 1.18 bits per heavy atom. The molecule has 11 nitrogen and oxygen atoms in total. The molecule has 1 fully saturated rings. The molecule has 0 radical (unpaired) electrons. The van der Waals surface area contributed by atoms with Gasteiger partial charge in [0.2, 0.25) is 17.8 Å². The van der Waals surface area contributed by atoms with E-state index in [9.17, 15) is 14.4 Å². The molecule has 1 saturated heterocycles. The van der Waals surface area contributed by atoms with Gasteiger partial charge in [-0.25, -0.2) is 4.98 Å². The smallest absolute Gasteiger partial charge is 0.227 e. The van der Waals surface area contributed by atoms with Crippen LogP contribution in [0.5, 0.6) is 5.75 Å². The summed E-state index contributed by atoms with van der Waals surface area (Å²) in [7, 11) is 1.76. The van der Waals surface area contributed by atoms with Gasteiger partial charge in [0.1, 0.15) is 23.2 Å². The number of carbonyl (C=O) groups excluding carboxylic acids is 3. The molecule has 214 valence electrons. The number of halogens is 1. The zero-order valence-electron chi connectivity index (χ0n) is 23.1. The molecule has 0 saturated carbocycles. The van der Waals surface area contributed by atoms with Crippen LogP contribution in [-0.2, 0) is 25.5 Å². The maximum atomic E-state index is 12.9. The van der Waals surface area contributed by atoms with Crippen molar-refractivity contribution in [2.75, 3.05) is 61.6 Å². The number of amides is 2. The number of fused-ring (bicyclic) bond motifs is 8. The molecule has 4 heterocycles. The van der Waals surface area contributed by atoms with E-state index in [4.69, 9.17) is 26.1 Å². The van der Waals surface area contributed by atoms with Crippen LogP contribution in [0.4, 0.5) is 23.1 Å². The zero-order chi connectivity index (χ0) is 28.4. The van der Waals surface area contributed by atoms with E-state index < -0.39 is 0 Å². The first-order valence-electron chi connectivity index (χ1n) is 13.7. The van der Waals surface area contributed by atoms with Gasteiger partial charge in [0.15, 0.2) is 5.82 Å². The molecule has 5 rings (SSSR count). The third kappa shape index (κ3) is 6.00. The Morgan fingerprint density at radius 3 is 2.80 bits per heavy atom. The van der Waals surface area contributed by atoms with Gasteiger partial charge in [0.25, 0.3) is 0 Å². The number of ketones is 1. The van der Waals surface area contributed by atoms with E-state index in [1.807, 2.05) is 30.9 Å². The highest BCUT2D eigenvalue weighted by Crippen LogP contribution is 2.40. The van der Waals surface area contributed by atoms with E-state index in [1.165, 1.54) is 0 Å². The summed E-state index contributed by atoms with van der Waals surface area (Å²) in [5, 5.41) is 3.68. The number of aryl methyl sites for hydroxylation is 1. The third-order valence-corrected chi connectivity index (χ3v) is 7.86. The molecule has 1 N–H and O–H groups in total. The fraction of sp³-hybridized carbons (Fsp3) is 0.536. The highest BCUT2D eigenvalue weighted by atomic mass is 35.5. The number of carbonyl (C=O) groups is 3. The van der Waals surface area contributed by atoms with E-state index in [0.29, 0.717) is 68.2 Å². The van der Waals surface area contributed by atoms with Crippen LogP contribution in [0, 0.1) is 5.92 Å². The predicted molar refractivity (Wildman–Crippen MR) is 152 cm³/mol. The van der Waals surface area contributed by atoms with Gasteiger partial charge < -0.3 is 29.5 Å². The molecular formula is C28H35ClN6O5. The number of ether oxygens (including phenoxy) is 2. The molecular weight excluding hydrogens is 536 g/mol. The molecule has 2 amide bonds. The van der Waals surface area contributed by atoms with Gasteiger partial charge in [-0.15, -0.1) is 0 Å². The predicted octanol–water partition coefficient (Wildman–Crippen LogP) is 3.21. The molecule has 40 heavy (non-hydrogen) atoms. The van der Waals surface area contributed by atoms with Gasteiger partial charge in [0.05, 0.1) is 31.1 Å². The Bertz CT molecular complexity index is 1300. The second-order valence-electron chi connectivity index (χ2n) is 10.7. The monoisotopic (exact) mass is 570 g/mol. The fourth-order valence-corrected chi connectivity index (χ4v) is 5.41. The summed E-state index contributed by atoms with van der Waals surface area (Å²) in [4.78, 5) is 52.1. The Morgan fingerprint density at radius 2 is 2.00 bits per heavy atom. The van der Waals surface area contributed by atoms with Gasteiger partial charge in [-0.1, -0.05) is 25.4 Å². The lowest BCUT2D eigenvalue weighted by atomic mass is 10.00. The summed E-state index contributed by atoms with van der Waals surface area (Å²) < 4.78 is 12.2. The quantitative estimate of drug-likeness (QED) is 0.591. The number of piperazine rings is 1. The maximum Gasteiger partial charge on any atom is 0.227 e. The molecule has 0 spiro atoms. The Labute approximate surface area is 238 Å². The van der Waals surface area contributed by atoms with Crippen LogP contribution >= 0.6 is 11.6 Å². The molecule has 12 heteroatoms. The normalized spacial score (nSPS) is 19.3. The molecule has 3 aliphatic rings. The van der Waals surface area contributed by atoms with Crippen molar-refractivity contribution in [3.8, 4) is 5.75 Å². The minimum Gasteiger partial charge on any atom is -0.489 e. The van der Waals surface area contributed by atoms with Crippen LogP contribution in [0.15, 0.2) is 18.3 Å². The summed E-state index contributed by atoms with van der Waals surface area (Å²) in [6, 6.07) is 3.63. The molecule has 1 aromatic carbocycles. The molecule has 1 aromatic heterocycles. The van der Waals surface area contributed by atoms with E-state index in [1.54, 1.807) is 23.0 Å². The Hall–Kier alpha value is -3.44. The van der Waals surface area contributed by atoms with Crippen LogP contribution in [0.3, 0.4) is 0 Å². The van der Waals surface area contributed by atoms with Crippen LogP contribution in [0.25, 0.3) is 0 Å². The average molecular weight is 571 g/mol.